The molecule has 0 fully saturated rings. The minimum absolute atomic E-state index is 0.318. The van der Waals surface area contributed by atoms with Crippen LogP contribution >= 0.6 is 11.6 Å². The van der Waals surface area contributed by atoms with E-state index in [1.165, 1.54) is 4.31 Å². The second-order valence-electron chi connectivity index (χ2n) is 6.87. The van der Waals surface area contributed by atoms with Gasteiger partial charge in [-0.15, -0.1) is 0 Å². The maximum atomic E-state index is 13.2. The number of sulfonamides is 1. The number of hydrogen-bond donors (Lipinski definition) is 1. The first-order valence-electron chi connectivity index (χ1n) is 9.25. The Morgan fingerprint density at radius 1 is 1.14 bits per heavy atom. The van der Waals surface area contributed by atoms with Crippen molar-refractivity contribution in [1.82, 2.24) is 0 Å². The SMILES string of the molecule is CCc1cccc(C)c1NC(=O)[C@@H](CC)N(c1cc(Cl)ccc1C)S(C)(=O)=O. The van der Waals surface area contributed by atoms with Crippen molar-refractivity contribution in [2.45, 2.75) is 46.6 Å². The van der Waals surface area contributed by atoms with E-state index in [-0.39, 0.29) is 5.91 Å². The van der Waals surface area contributed by atoms with Gasteiger partial charge in [0.1, 0.15) is 6.04 Å². The van der Waals surface area contributed by atoms with E-state index in [4.69, 9.17) is 11.6 Å². The van der Waals surface area contributed by atoms with E-state index in [1.807, 2.05) is 32.0 Å². The molecule has 1 amide bonds. The van der Waals surface area contributed by atoms with Gasteiger partial charge in [0.15, 0.2) is 0 Å². The molecule has 0 heterocycles. The lowest BCUT2D eigenvalue weighted by Crippen LogP contribution is -2.47. The molecule has 0 aliphatic heterocycles. The lowest BCUT2D eigenvalue weighted by atomic mass is 10.0. The molecule has 7 heteroatoms. The summed E-state index contributed by atoms with van der Waals surface area (Å²) in [5.41, 5.74) is 3.83. The second kappa shape index (κ2) is 8.97. The molecule has 0 saturated carbocycles. The first-order valence-corrected chi connectivity index (χ1v) is 11.5. The number of carbonyl (C=O) groups is 1. The van der Waals surface area contributed by atoms with Crippen molar-refractivity contribution >= 4 is 38.9 Å². The summed E-state index contributed by atoms with van der Waals surface area (Å²) in [4.78, 5) is 13.2. The molecule has 0 aromatic heterocycles. The molecule has 0 radical (unpaired) electrons. The number of nitrogens with one attached hydrogen (secondary N) is 1. The summed E-state index contributed by atoms with van der Waals surface area (Å²) < 4.78 is 26.5. The van der Waals surface area contributed by atoms with Gasteiger partial charge in [0.25, 0.3) is 0 Å². The van der Waals surface area contributed by atoms with Crippen LogP contribution in [0.4, 0.5) is 11.4 Å². The summed E-state index contributed by atoms with van der Waals surface area (Å²) in [6, 6.07) is 9.96. The van der Waals surface area contributed by atoms with Crippen molar-refractivity contribution < 1.29 is 13.2 Å². The predicted octanol–water partition coefficient (Wildman–Crippen LogP) is 4.70. The maximum absolute atomic E-state index is 13.2. The topological polar surface area (TPSA) is 66.5 Å². The standard InChI is InChI=1S/C21H27ClN2O3S/c1-6-16-10-8-9-15(4)20(16)23-21(25)18(7-2)24(28(5,26)27)19-13-17(22)12-11-14(19)3/h8-13,18H,6-7H2,1-5H3,(H,23,25)/t18-/m1/s1. The van der Waals surface area contributed by atoms with Gasteiger partial charge in [0.2, 0.25) is 15.9 Å². The fraction of sp³-hybridized carbons (Fsp3) is 0.381. The molecule has 0 unspecified atom stereocenters. The lowest BCUT2D eigenvalue weighted by Gasteiger charge is -2.31. The Labute approximate surface area is 172 Å². The van der Waals surface area contributed by atoms with Crippen LogP contribution in [0.2, 0.25) is 5.02 Å². The number of rotatable bonds is 7. The van der Waals surface area contributed by atoms with Gasteiger partial charge < -0.3 is 5.32 Å². The van der Waals surface area contributed by atoms with Crippen molar-refractivity contribution in [3.63, 3.8) is 0 Å². The predicted molar refractivity (Wildman–Crippen MR) is 117 cm³/mol. The Morgan fingerprint density at radius 3 is 2.39 bits per heavy atom. The molecule has 152 valence electrons. The van der Waals surface area contributed by atoms with Gasteiger partial charge in [0, 0.05) is 10.7 Å². The van der Waals surface area contributed by atoms with Crippen LogP contribution in [0.3, 0.4) is 0 Å². The number of hydrogen-bond acceptors (Lipinski definition) is 3. The fourth-order valence-corrected chi connectivity index (χ4v) is 4.69. The smallest absolute Gasteiger partial charge is 0.248 e. The largest absolute Gasteiger partial charge is 0.324 e. The van der Waals surface area contributed by atoms with Gasteiger partial charge in [-0.2, -0.15) is 0 Å². The summed E-state index contributed by atoms with van der Waals surface area (Å²) in [7, 11) is -3.72. The molecule has 1 atom stereocenters. The minimum Gasteiger partial charge on any atom is -0.324 e. The van der Waals surface area contributed by atoms with Gasteiger partial charge >= 0.3 is 0 Å². The molecule has 0 spiro atoms. The van der Waals surface area contributed by atoms with E-state index in [0.717, 1.165) is 35.1 Å². The third kappa shape index (κ3) is 4.86. The third-order valence-corrected chi connectivity index (χ3v) is 6.13. The molecule has 0 bridgehead atoms. The molecular formula is C21H27ClN2O3S. The highest BCUT2D eigenvalue weighted by atomic mass is 35.5. The molecule has 0 aliphatic rings. The number of anilines is 2. The number of carbonyl (C=O) groups excluding carboxylic acids is 1. The van der Waals surface area contributed by atoms with Crippen LogP contribution in [0, 0.1) is 13.8 Å². The average molecular weight is 423 g/mol. The molecular weight excluding hydrogens is 396 g/mol. The van der Waals surface area contributed by atoms with Gasteiger partial charge in [-0.25, -0.2) is 8.42 Å². The monoisotopic (exact) mass is 422 g/mol. The van der Waals surface area contributed by atoms with E-state index in [0.29, 0.717) is 17.1 Å². The van der Waals surface area contributed by atoms with Crippen LogP contribution in [0.1, 0.15) is 37.0 Å². The van der Waals surface area contributed by atoms with Gasteiger partial charge in [-0.1, -0.05) is 49.7 Å². The molecule has 0 aliphatic carbocycles. The summed E-state index contributed by atoms with van der Waals surface area (Å²) in [6.45, 7) is 7.52. The first-order chi connectivity index (χ1) is 13.1. The van der Waals surface area contributed by atoms with Crippen LogP contribution in [-0.2, 0) is 21.2 Å². The van der Waals surface area contributed by atoms with Crippen molar-refractivity contribution in [3.05, 3.63) is 58.1 Å². The molecule has 2 rings (SSSR count). The van der Waals surface area contributed by atoms with Crippen LogP contribution in [0.5, 0.6) is 0 Å². The number of para-hydroxylation sites is 1. The Bertz CT molecular complexity index is 974. The zero-order chi connectivity index (χ0) is 21.1. The summed E-state index contributed by atoms with van der Waals surface area (Å²) in [5, 5.41) is 3.37. The zero-order valence-corrected chi connectivity index (χ0v) is 18.5. The number of halogens is 1. The highest BCUT2D eigenvalue weighted by Crippen LogP contribution is 2.30. The van der Waals surface area contributed by atoms with Gasteiger partial charge in [0.05, 0.1) is 11.9 Å². The van der Waals surface area contributed by atoms with Crippen molar-refractivity contribution in [2.75, 3.05) is 15.9 Å². The van der Waals surface area contributed by atoms with E-state index >= 15 is 0 Å². The second-order valence-corrected chi connectivity index (χ2v) is 9.16. The number of aryl methyl sites for hydroxylation is 3. The Balaban J connectivity index is 2.50. The highest BCUT2D eigenvalue weighted by molar-refractivity contribution is 7.92. The minimum atomic E-state index is -3.72. The Morgan fingerprint density at radius 2 is 1.82 bits per heavy atom. The van der Waals surface area contributed by atoms with Gasteiger partial charge in [-0.05, 0) is 55.5 Å². The summed E-state index contributed by atoms with van der Waals surface area (Å²) >= 11 is 6.11. The van der Waals surface area contributed by atoms with E-state index in [9.17, 15) is 13.2 Å². The Kier molecular flexibility index (Phi) is 7.12. The van der Waals surface area contributed by atoms with Crippen LogP contribution in [0.25, 0.3) is 0 Å². The fourth-order valence-electron chi connectivity index (χ4n) is 3.26. The number of amides is 1. The van der Waals surface area contributed by atoms with Crippen LogP contribution in [0.15, 0.2) is 36.4 Å². The van der Waals surface area contributed by atoms with Crippen molar-refractivity contribution in [2.24, 2.45) is 0 Å². The normalized spacial score (nSPS) is 12.5. The Hall–Kier alpha value is -2.05. The molecule has 5 nitrogen and oxygen atoms in total. The average Bonchev–Trinajstić information content (AvgIpc) is 2.62. The molecule has 2 aromatic rings. The van der Waals surface area contributed by atoms with Crippen molar-refractivity contribution in [1.29, 1.82) is 0 Å². The quantitative estimate of drug-likeness (QED) is 0.703. The van der Waals surface area contributed by atoms with E-state index < -0.39 is 16.1 Å². The maximum Gasteiger partial charge on any atom is 0.248 e. The van der Waals surface area contributed by atoms with Crippen molar-refractivity contribution in [3.8, 4) is 0 Å². The molecule has 1 N–H and O–H groups in total. The molecule has 28 heavy (non-hydrogen) atoms. The summed E-state index contributed by atoms with van der Waals surface area (Å²) in [5.74, 6) is -0.365. The zero-order valence-electron chi connectivity index (χ0n) is 16.9. The number of benzene rings is 2. The van der Waals surface area contributed by atoms with E-state index in [2.05, 4.69) is 5.32 Å². The third-order valence-electron chi connectivity index (χ3n) is 4.73. The first kappa shape index (κ1) is 22.2. The van der Waals surface area contributed by atoms with Crippen LogP contribution < -0.4 is 9.62 Å². The highest BCUT2D eigenvalue weighted by Gasteiger charge is 2.33. The molecule has 2 aromatic carbocycles. The van der Waals surface area contributed by atoms with E-state index in [1.54, 1.807) is 32.0 Å². The van der Waals surface area contributed by atoms with Gasteiger partial charge in [-0.3, -0.25) is 9.10 Å². The lowest BCUT2D eigenvalue weighted by molar-refractivity contribution is -0.117. The summed E-state index contributed by atoms with van der Waals surface area (Å²) in [6.07, 6.45) is 2.18. The number of nitrogens with zero attached hydrogens (tertiary/aromatic N) is 1. The molecule has 0 saturated heterocycles. The van der Waals surface area contributed by atoms with Crippen LogP contribution in [-0.4, -0.2) is 26.6 Å².